The predicted octanol–water partition coefficient (Wildman–Crippen LogP) is 5.87. The van der Waals surface area contributed by atoms with Gasteiger partial charge in [0.25, 0.3) is 0 Å². The topological polar surface area (TPSA) is 72.4 Å². The molecule has 4 aromatic rings. The Labute approximate surface area is 210 Å². The number of nitrogens with one attached hydrogen (secondary N) is 1. The monoisotopic (exact) mass is 489 g/mol. The number of likely N-dealkylation sites (tertiary alicyclic amines) is 1. The maximum absolute atomic E-state index is 6.51. The molecule has 1 fully saturated rings. The Kier molecular flexibility index (Phi) is 7.56. The van der Waals surface area contributed by atoms with Crippen molar-refractivity contribution in [3.05, 3.63) is 77.8 Å². The summed E-state index contributed by atoms with van der Waals surface area (Å²) < 4.78 is 12.0. The van der Waals surface area contributed by atoms with Gasteiger partial charge >= 0.3 is 0 Å². The van der Waals surface area contributed by atoms with Gasteiger partial charge in [0.2, 0.25) is 0 Å². The summed E-state index contributed by atoms with van der Waals surface area (Å²) in [5, 5.41) is 4.72. The van der Waals surface area contributed by atoms with Crippen LogP contribution in [-0.2, 0) is 6.61 Å². The molecule has 0 amide bonds. The van der Waals surface area contributed by atoms with Crippen molar-refractivity contribution < 1.29 is 9.47 Å². The molecule has 7 nitrogen and oxygen atoms in total. The Morgan fingerprint density at radius 1 is 0.886 bits per heavy atom. The van der Waals surface area contributed by atoms with Crippen molar-refractivity contribution in [3.8, 4) is 11.5 Å². The van der Waals surface area contributed by atoms with Gasteiger partial charge in [0, 0.05) is 18.4 Å². The molecule has 0 spiro atoms. The zero-order valence-corrected chi connectivity index (χ0v) is 20.2. The van der Waals surface area contributed by atoms with Crippen LogP contribution in [-0.4, -0.2) is 46.1 Å². The molecule has 5 rings (SSSR count). The fourth-order valence-corrected chi connectivity index (χ4v) is 4.46. The molecule has 1 N–H and O–H groups in total. The van der Waals surface area contributed by atoms with Crippen LogP contribution in [0.1, 0.15) is 25.0 Å². The summed E-state index contributed by atoms with van der Waals surface area (Å²) in [7, 11) is 0. The first-order valence-corrected chi connectivity index (χ1v) is 12.3. The first kappa shape index (κ1) is 23.3. The van der Waals surface area contributed by atoms with Crippen LogP contribution in [0, 0.1) is 0 Å². The number of nitrogens with zero attached hydrogens (tertiary/aromatic N) is 4. The van der Waals surface area contributed by atoms with Gasteiger partial charge in [-0.05, 0) is 68.4 Å². The molecule has 1 aliphatic rings. The Bertz CT molecular complexity index is 1260. The van der Waals surface area contributed by atoms with Gasteiger partial charge in [0.1, 0.15) is 36.9 Å². The summed E-state index contributed by atoms with van der Waals surface area (Å²) in [5.74, 6) is 2.03. The molecule has 1 saturated heterocycles. The van der Waals surface area contributed by atoms with Crippen LogP contribution in [0.2, 0.25) is 5.02 Å². The minimum atomic E-state index is 0.349. The van der Waals surface area contributed by atoms with Crippen molar-refractivity contribution in [2.24, 2.45) is 0 Å². The number of aromatic nitrogens is 3. The Morgan fingerprint density at radius 2 is 1.80 bits per heavy atom. The maximum atomic E-state index is 6.51. The van der Waals surface area contributed by atoms with Gasteiger partial charge in [-0.15, -0.1) is 0 Å². The Hall–Kier alpha value is -3.42. The molecule has 0 atom stereocenters. The van der Waals surface area contributed by atoms with Gasteiger partial charge in [-0.2, -0.15) is 0 Å². The van der Waals surface area contributed by atoms with E-state index in [4.69, 9.17) is 21.1 Å². The molecule has 0 saturated carbocycles. The number of rotatable bonds is 9. The van der Waals surface area contributed by atoms with Crippen molar-refractivity contribution in [1.82, 2.24) is 19.9 Å². The maximum Gasteiger partial charge on any atom is 0.145 e. The van der Waals surface area contributed by atoms with Crippen LogP contribution in [0.15, 0.2) is 67.1 Å². The minimum Gasteiger partial charge on any atom is -0.491 e. The number of anilines is 2. The molecule has 1 aliphatic heterocycles. The second-order valence-electron chi connectivity index (χ2n) is 8.50. The predicted molar refractivity (Wildman–Crippen MR) is 139 cm³/mol. The smallest absolute Gasteiger partial charge is 0.145 e. The van der Waals surface area contributed by atoms with E-state index in [-0.39, 0.29) is 0 Å². The SMILES string of the molecule is Clc1cc(Nc2ncnc3cccc(OCCN4CCCCC4)c23)ccc1OCc1ccccn1. The molecule has 0 radical (unpaired) electrons. The lowest BCUT2D eigenvalue weighted by atomic mass is 10.1. The second-order valence-corrected chi connectivity index (χ2v) is 8.91. The Balaban J connectivity index is 1.29. The molecular weight excluding hydrogens is 462 g/mol. The number of ether oxygens (including phenoxy) is 2. The fourth-order valence-electron chi connectivity index (χ4n) is 4.23. The van der Waals surface area contributed by atoms with Gasteiger partial charge in [-0.1, -0.05) is 30.2 Å². The van der Waals surface area contributed by atoms with Crippen LogP contribution in [0.25, 0.3) is 10.9 Å². The third kappa shape index (κ3) is 5.99. The van der Waals surface area contributed by atoms with E-state index in [2.05, 4.69) is 25.2 Å². The number of hydrogen-bond donors (Lipinski definition) is 1. The number of hydrogen-bond acceptors (Lipinski definition) is 7. The van der Waals surface area contributed by atoms with Crippen molar-refractivity contribution in [3.63, 3.8) is 0 Å². The van der Waals surface area contributed by atoms with Crippen LogP contribution in [0.3, 0.4) is 0 Å². The first-order chi connectivity index (χ1) is 17.3. The summed E-state index contributed by atoms with van der Waals surface area (Å²) in [6.45, 7) is 4.19. The van der Waals surface area contributed by atoms with Gasteiger partial charge < -0.3 is 14.8 Å². The average molecular weight is 490 g/mol. The van der Waals surface area contributed by atoms with Crippen LogP contribution >= 0.6 is 11.6 Å². The van der Waals surface area contributed by atoms with E-state index < -0.39 is 0 Å². The summed E-state index contributed by atoms with van der Waals surface area (Å²) >= 11 is 6.51. The minimum absolute atomic E-state index is 0.349. The number of fused-ring (bicyclic) bond motifs is 1. The van der Waals surface area contributed by atoms with Crippen molar-refractivity contribution in [2.45, 2.75) is 25.9 Å². The lowest BCUT2D eigenvalue weighted by Crippen LogP contribution is -2.33. The van der Waals surface area contributed by atoms with Crippen molar-refractivity contribution >= 4 is 34.0 Å². The molecule has 3 heterocycles. The molecular formula is C27H28ClN5O2. The molecule has 0 aliphatic carbocycles. The van der Waals surface area contributed by atoms with E-state index in [0.717, 1.165) is 47.7 Å². The molecule has 8 heteroatoms. The highest BCUT2D eigenvalue weighted by atomic mass is 35.5. The lowest BCUT2D eigenvalue weighted by molar-refractivity contribution is 0.184. The van der Waals surface area contributed by atoms with Crippen molar-refractivity contribution in [1.29, 1.82) is 0 Å². The van der Waals surface area contributed by atoms with E-state index in [9.17, 15) is 0 Å². The average Bonchev–Trinajstić information content (AvgIpc) is 2.90. The highest BCUT2D eigenvalue weighted by Crippen LogP contribution is 2.34. The molecule has 180 valence electrons. The summed E-state index contributed by atoms with van der Waals surface area (Å²) in [5.41, 5.74) is 2.45. The zero-order valence-electron chi connectivity index (χ0n) is 19.5. The van der Waals surface area contributed by atoms with E-state index in [1.54, 1.807) is 12.5 Å². The summed E-state index contributed by atoms with van der Waals surface area (Å²) in [4.78, 5) is 15.7. The van der Waals surface area contributed by atoms with Crippen molar-refractivity contribution in [2.75, 3.05) is 31.6 Å². The summed E-state index contributed by atoms with van der Waals surface area (Å²) in [6, 6.07) is 17.2. The van der Waals surface area contributed by atoms with Crippen LogP contribution in [0.5, 0.6) is 11.5 Å². The highest BCUT2D eigenvalue weighted by Gasteiger charge is 2.14. The second kappa shape index (κ2) is 11.3. The Morgan fingerprint density at radius 3 is 2.63 bits per heavy atom. The van der Waals surface area contributed by atoms with Gasteiger partial charge in [0.15, 0.2) is 0 Å². The summed E-state index contributed by atoms with van der Waals surface area (Å²) in [6.07, 6.45) is 7.16. The third-order valence-corrected chi connectivity index (χ3v) is 6.33. The van der Waals surface area contributed by atoms with Gasteiger partial charge in [-0.25, -0.2) is 9.97 Å². The number of piperidine rings is 1. The van der Waals surface area contributed by atoms with E-state index >= 15 is 0 Å². The lowest BCUT2D eigenvalue weighted by Gasteiger charge is -2.26. The number of benzene rings is 2. The molecule has 2 aromatic heterocycles. The first-order valence-electron chi connectivity index (χ1n) is 11.9. The number of halogens is 1. The van der Waals surface area contributed by atoms with Gasteiger partial charge in [0.05, 0.1) is 21.6 Å². The zero-order chi connectivity index (χ0) is 23.9. The number of pyridine rings is 1. The van der Waals surface area contributed by atoms with E-state index in [0.29, 0.717) is 29.8 Å². The molecule has 0 bridgehead atoms. The quantitative estimate of drug-likeness (QED) is 0.315. The van der Waals surface area contributed by atoms with Gasteiger partial charge in [-0.3, -0.25) is 9.88 Å². The third-order valence-electron chi connectivity index (χ3n) is 6.03. The standard InChI is InChI=1S/C27H28ClN5O2/c28-22-17-20(10-11-24(22)35-18-21-7-2-3-12-29-21)32-27-26-23(30-19-31-27)8-6-9-25(26)34-16-15-33-13-4-1-5-14-33/h2-3,6-12,17,19H,1,4-5,13-16,18H2,(H,30,31,32). The molecule has 2 aromatic carbocycles. The van der Waals surface area contributed by atoms with E-state index in [1.165, 1.54) is 19.3 Å². The van der Waals surface area contributed by atoms with Crippen LogP contribution in [0.4, 0.5) is 11.5 Å². The largest absolute Gasteiger partial charge is 0.491 e. The highest BCUT2D eigenvalue weighted by molar-refractivity contribution is 6.32. The molecule has 0 unspecified atom stereocenters. The van der Waals surface area contributed by atoms with Crippen LogP contribution < -0.4 is 14.8 Å². The fraction of sp³-hybridized carbons (Fsp3) is 0.296. The van der Waals surface area contributed by atoms with E-state index in [1.807, 2.05) is 54.6 Å². The normalized spacial score (nSPS) is 14.1. The molecule has 35 heavy (non-hydrogen) atoms.